The molecule has 0 saturated heterocycles. The second kappa shape index (κ2) is 14.1. The summed E-state index contributed by atoms with van der Waals surface area (Å²) in [5, 5.41) is 12.1. The van der Waals surface area contributed by atoms with E-state index in [9.17, 15) is 9.90 Å². The highest BCUT2D eigenvalue weighted by molar-refractivity contribution is 7.09. The first-order chi connectivity index (χ1) is 19.4. The summed E-state index contributed by atoms with van der Waals surface area (Å²) in [4.78, 5) is 18.5. The van der Waals surface area contributed by atoms with Crippen molar-refractivity contribution in [2.24, 2.45) is 0 Å². The molecule has 0 amide bonds. The molecule has 6 heteroatoms. The SMILES string of the molecule is CCCC(CCC)N(Cc1ccc(-c2csc(COc3cccc(C(=O)O)c3)n2)cc1)c1ccc(C(C)C)cc1. The molecule has 40 heavy (non-hydrogen) atoms. The molecule has 4 rings (SSSR count). The summed E-state index contributed by atoms with van der Waals surface area (Å²) in [7, 11) is 0. The number of hydrogen-bond acceptors (Lipinski definition) is 5. The monoisotopic (exact) mass is 556 g/mol. The van der Waals surface area contributed by atoms with Crippen molar-refractivity contribution in [3.8, 4) is 17.0 Å². The van der Waals surface area contributed by atoms with Crippen LogP contribution in [0.4, 0.5) is 5.69 Å². The second-order valence-electron chi connectivity index (χ2n) is 10.6. The Hall–Kier alpha value is -3.64. The van der Waals surface area contributed by atoms with Gasteiger partial charge in [-0.1, -0.05) is 83.0 Å². The Morgan fingerprint density at radius 1 is 0.975 bits per heavy atom. The Kier molecular flexibility index (Phi) is 10.4. The molecule has 0 saturated carbocycles. The highest BCUT2D eigenvalue weighted by atomic mass is 32.1. The first-order valence-electron chi connectivity index (χ1n) is 14.2. The van der Waals surface area contributed by atoms with Crippen LogP contribution in [0.25, 0.3) is 11.3 Å². The molecule has 1 aromatic heterocycles. The fraction of sp³-hybridized carbons (Fsp3) is 0.353. The van der Waals surface area contributed by atoms with Crippen LogP contribution in [0, 0.1) is 0 Å². The van der Waals surface area contributed by atoms with Gasteiger partial charge in [0.25, 0.3) is 0 Å². The normalized spacial score (nSPS) is 11.2. The van der Waals surface area contributed by atoms with Crippen LogP contribution in [0.2, 0.25) is 0 Å². The van der Waals surface area contributed by atoms with E-state index in [0.717, 1.165) is 22.8 Å². The predicted octanol–water partition coefficient (Wildman–Crippen LogP) is 9.19. The lowest BCUT2D eigenvalue weighted by Gasteiger charge is -2.34. The van der Waals surface area contributed by atoms with Crippen molar-refractivity contribution in [3.05, 3.63) is 99.9 Å². The largest absolute Gasteiger partial charge is 0.486 e. The van der Waals surface area contributed by atoms with E-state index in [1.807, 2.05) is 5.38 Å². The van der Waals surface area contributed by atoms with Crippen molar-refractivity contribution >= 4 is 23.0 Å². The molecule has 0 aliphatic heterocycles. The maximum absolute atomic E-state index is 11.2. The van der Waals surface area contributed by atoms with Crippen molar-refractivity contribution in [2.45, 2.75) is 78.5 Å². The van der Waals surface area contributed by atoms with Gasteiger partial charge in [-0.15, -0.1) is 11.3 Å². The summed E-state index contributed by atoms with van der Waals surface area (Å²) in [5.74, 6) is 0.0794. The molecule has 0 aliphatic rings. The zero-order valence-electron chi connectivity index (χ0n) is 24.0. The summed E-state index contributed by atoms with van der Waals surface area (Å²) in [6.45, 7) is 10.2. The van der Waals surface area contributed by atoms with Gasteiger partial charge in [-0.2, -0.15) is 0 Å². The fourth-order valence-corrected chi connectivity index (χ4v) is 5.67. The third-order valence-corrected chi connectivity index (χ3v) is 8.00. The average molecular weight is 557 g/mol. The molecule has 5 nitrogen and oxygen atoms in total. The number of benzene rings is 3. The van der Waals surface area contributed by atoms with Gasteiger partial charge in [-0.25, -0.2) is 9.78 Å². The zero-order chi connectivity index (χ0) is 28.5. The molecule has 3 aromatic carbocycles. The first-order valence-corrected chi connectivity index (χ1v) is 15.1. The lowest BCUT2D eigenvalue weighted by atomic mass is 10.00. The van der Waals surface area contributed by atoms with Crippen LogP contribution in [-0.2, 0) is 13.2 Å². The van der Waals surface area contributed by atoms with E-state index in [2.05, 4.69) is 81.1 Å². The number of carboxylic acid groups (broad SMARTS) is 1. The van der Waals surface area contributed by atoms with E-state index in [0.29, 0.717) is 24.3 Å². The molecule has 4 aromatic rings. The van der Waals surface area contributed by atoms with Crippen LogP contribution < -0.4 is 9.64 Å². The molecule has 1 N–H and O–H groups in total. The van der Waals surface area contributed by atoms with Gasteiger partial charge in [0, 0.05) is 29.2 Å². The molecule has 0 bridgehead atoms. The Labute approximate surface area is 242 Å². The predicted molar refractivity (Wildman–Crippen MR) is 166 cm³/mol. The summed E-state index contributed by atoms with van der Waals surface area (Å²) in [5.41, 5.74) is 6.15. The van der Waals surface area contributed by atoms with Crippen molar-refractivity contribution in [1.82, 2.24) is 4.98 Å². The first kappa shape index (κ1) is 29.3. The lowest BCUT2D eigenvalue weighted by Crippen LogP contribution is -2.34. The van der Waals surface area contributed by atoms with Crippen LogP contribution in [-0.4, -0.2) is 22.1 Å². The van der Waals surface area contributed by atoms with Crippen molar-refractivity contribution in [2.75, 3.05) is 4.90 Å². The summed E-state index contributed by atoms with van der Waals surface area (Å²) in [6.07, 6.45) is 4.71. The van der Waals surface area contributed by atoms with E-state index >= 15 is 0 Å². The van der Waals surface area contributed by atoms with E-state index in [1.165, 1.54) is 48.6 Å². The number of carbonyl (C=O) groups is 1. The smallest absolute Gasteiger partial charge is 0.335 e. The summed E-state index contributed by atoms with van der Waals surface area (Å²) < 4.78 is 5.80. The van der Waals surface area contributed by atoms with Crippen molar-refractivity contribution in [1.29, 1.82) is 0 Å². The number of nitrogens with zero attached hydrogens (tertiary/aromatic N) is 2. The Bertz CT molecular complexity index is 1360. The topological polar surface area (TPSA) is 62.7 Å². The van der Waals surface area contributed by atoms with Gasteiger partial charge in [0.2, 0.25) is 0 Å². The van der Waals surface area contributed by atoms with Crippen molar-refractivity contribution in [3.63, 3.8) is 0 Å². The third kappa shape index (κ3) is 7.72. The second-order valence-corrected chi connectivity index (χ2v) is 11.5. The minimum absolute atomic E-state index is 0.208. The summed E-state index contributed by atoms with van der Waals surface area (Å²) in [6, 6.07) is 24.9. The molecule has 0 aliphatic carbocycles. The highest BCUT2D eigenvalue weighted by Gasteiger charge is 2.19. The summed E-state index contributed by atoms with van der Waals surface area (Å²) >= 11 is 1.54. The van der Waals surface area contributed by atoms with Gasteiger partial charge in [-0.05, 0) is 60.2 Å². The number of anilines is 1. The van der Waals surface area contributed by atoms with Crippen LogP contribution in [0.3, 0.4) is 0 Å². The maximum Gasteiger partial charge on any atom is 0.335 e. The van der Waals surface area contributed by atoms with E-state index < -0.39 is 5.97 Å². The molecule has 210 valence electrons. The van der Waals surface area contributed by atoms with Gasteiger partial charge < -0.3 is 14.7 Å². The molecule has 0 fully saturated rings. The standard InChI is InChI=1S/C34H40N2O3S/c1-5-8-29(9-6-2)36(30-18-16-26(17-19-30)24(3)4)21-25-12-14-27(15-13-25)32-23-40-33(35-32)22-39-31-11-7-10-28(20-31)34(37)38/h7,10-20,23-24,29H,5-6,8-9,21-22H2,1-4H3,(H,37,38). The van der Waals surface area contributed by atoms with E-state index in [4.69, 9.17) is 9.72 Å². The van der Waals surface area contributed by atoms with Gasteiger partial charge >= 0.3 is 5.97 Å². The molecule has 1 heterocycles. The third-order valence-electron chi connectivity index (χ3n) is 7.17. The fourth-order valence-electron chi connectivity index (χ4n) is 4.96. The molecular weight excluding hydrogens is 516 g/mol. The molecule has 0 unspecified atom stereocenters. The lowest BCUT2D eigenvalue weighted by molar-refractivity contribution is 0.0696. The van der Waals surface area contributed by atoms with Gasteiger partial charge in [0.15, 0.2) is 0 Å². The van der Waals surface area contributed by atoms with E-state index in [-0.39, 0.29) is 5.56 Å². The number of thiazole rings is 1. The Morgan fingerprint density at radius 3 is 2.30 bits per heavy atom. The van der Waals surface area contributed by atoms with Crippen LogP contribution in [0.1, 0.15) is 85.8 Å². The number of carboxylic acids is 1. The highest BCUT2D eigenvalue weighted by Crippen LogP contribution is 2.29. The number of hydrogen-bond donors (Lipinski definition) is 1. The van der Waals surface area contributed by atoms with Crippen molar-refractivity contribution < 1.29 is 14.6 Å². The molecular formula is C34H40N2O3S. The number of aromatic carboxylic acids is 1. The molecule has 0 radical (unpaired) electrons. The van der Waals surface area contributed by atoms with Crippen LogP contribution >= 0.6 is 11.3 Å². The number of rotatable bonds is 14. The molecule has 0 spiro atoms. The minimum atomic E-state index is -0.969. The molecule has 0 atom stereocenters. The average Bonchev–Trinajstić information content (AvgIpc) is 3.44. The Morgan fingerprint density at radius 2 is 1.68 bits per heavy atom. The number of aromatic nitrogens is 1. The Balaban J connectivity index is 1.46. The van der Waals surface area contributed by atoms with E-state index in [1.54, 1.807) is 29.5 Å². The van der Waals surface area contributed by atoms with Gasteiger partial charge in [0.1, 0.15) is 17.4 Å². The minimum Gasteiger partial charge on any atom is -0.486 e. The quantitative estimate of drug-likeness (QED) is 0.168. The number of ether oxygens (including phenoxy) is 1. The van der Waals surface area contributed by atoms with Gasteiger partial charge in [0.05, 0.1) is 11.3 Å². The van der Waals surface area contributed by atoms with Gasteiger partial charge in [-0.3, -0.25) is 0 Å². The van der Waals surface area contributed by atoms with Crippen LogP contribution in [0.15, 0.2) is 78.2 Å². The zero-order valence-corrected chi connectivity index (χ0v) is 24.8. The maximum atomic E-state index is 11.2. The van der Waals surface area contributed by atoms with Crippen LogP contribution in [0.5, 0.6) is 5.75 Å².